The molecule has 0 bridgehead atoms. The molecule has 4 nitrogen and oxygen atoms in total. The molecule has 0 aromatic carbocycles. The first-order valence-electron chi connectivity index (χ1n) is 3.92. The summed E-state index contributed by atoms with van der Waals surface area (Å²) in [5, 5.41) is 8.62. The highest BCUT2D eigenvalue weighted by Crippen LogP contribution is 2.52. The zero-order valence-corrected chi connectivity index (χ0v) is 7.37. The van der Waals surface area contributed by atoms with Crippen LogP contribution in [-0.2, 0) is 14.3 Å². The molecule has 0 atom stereocenters. The standard InChI is InChI=1S/C8H14O4/c1-11-7(12-2)8(3-4-8)5-6(9)10/h7H,3-5H2,1-2H3,(H,9,10). The third-order valence-corrected chi connectivity index (χ3v) is 2.32. The highest BCUT2D eigenvalue weighted by atomic mass is 16.7. The topological polar surface area (TPSA) is 55.8 Å². The lowest BCUT2D eigenvalue weighted by molar-refractivity contribution is -0.161. The number of rotatable bonds is 5. The second-order valence-electron chi connectivity index (χ2n) is 3.24. The van der Waals surface area contributed by atoms with E-state index in [4.69, 9.17) is 14.6 Å². The van der Waals surface area contributed by atoms with Gasteiger partial charge < -0.3 is 14.6 Å². The number of carboxylic acids is 1. The maximum atomic E-state index is 10.5. The first kappa shape index (κ1) is 9.48. The molecule has 1 saturated carbocycles. The molecule has 0 saturated heterocycles. The number of carboxylic acid groups (broad SMARTS) is 1. The van der Waals surface area contributed by atoms with Crippen molar-refractivity contribution in [2.75, 3.05) is 14.2 Å². The van der Waals surface area contributed by atoms with E-state index in [1.165, 1.54) is 14.2 Å². The number of hydrogen-bond donors (Lipinski definition) is 1. The van der Waals surface area contributed by atoms with Crippen LogP contribution in [0.15, 0.2) is 0 Å². The molecule has 1 aliphatic rings. The van der Waals surface area contributed by atoms with Crippen molar-refractivity contribution in [3.63, 3.8) is 0 Å². The molecule has 0 amide bonds. The molecule has 70 valence electrons. The first-order valence-corrected chi connectivity index (χ1v) is 3.92. The number of ether oxygens (including phenoxy) is 2. The first-order chi connectivity index (χ1) is 5.64. The summed E-state index contributed by atoms with van der Waals surface area (Å²) in [6.07, 6.45) is 1.53. The Balaban J connectivity index is 2.52. The van der Waals surface area contributed by atoms with Gasteiger partial charge in [-0.25, -0.2) is 0 Å². The van der Waals surface area contributed by atoms with E-state index in [1.54, 1.807) is 0 Å². The molecule has 0 spiro atoms. The summed E-state index contributed by atoms with van der Waals surface area (Å²) in [6, 6.07) is 0. The predicted octanol–water partition coefficient (Wildman–Crippen LogP) is 0.860. The molecule has 4 heteroatoms. The van der Waals surface area contributed by atoms with E-state index in [0.717, 1.165) is 12.8 Å². The Labute approximate surface area is 71.5 Å². The smallest absolute Gasteiger partial charge is 0.304 e. The van der Waals surface area contributed by atoms with Crippen molar-refractivity contribution in [1.82, 2.24) is 0 Å². The lowest BCUT2D eigenvalue weighted by Gasteiger charge is -2.22. The van der Waals surface area contributed by atoms with Gasteiger partial charge in [0.1, 0.15) is 0 Å². The van der Waals surface area contributed by atoms with Gasteiger partial charge in [-0.05, 0) is 12.8 Å². The second-order valence-corrected chi connectivity index (χ2v) is 3.24. The van der Waals surface area contributed by atoms with Gasteiger partial charge >= 0.3 is 5.97 Å². The van der Waals surface area contributed by atoms with Crippen molar-refractivity contribution in [2.24, 2.45) is 5.41 Å². The third kappa shape index (κ3) is 1.76. The van der Waals surface area contributed by atoms with Crippen LogP contribution < -0.4 is 0 Å². The molecule has 0 heterocycles. The minimum Gasteiger partial charge on any atom is -0.481 e. The van der Waals surface area contributed by atoms with E-state index in [-0.39, 0.29) is 18.1 Å². The highest BCUT2D eigenvalue weighted by Gasteiger charge is 2.51. The van der Waals surface area contributed by atoms with Crippen LogP contribution in [0, 0.1) is 5.41 Å². The maximum absolute atomic E-state index is 10.5. The van der Waals surface area contributed by atoms with Gasteiger partial charge in [0.2, 0.25) is 0 Å². The Kier molecular flexibility index (Phi) is 2.69. The lowest BCUT2D eigenvalue weighted by atomic mass is 10.0. The fraction of sp³-hybridized carbons (Fsp3) is 0.875. The van der Waals surface area contributed by atoms with Crippen molar-refractivity contribution in [2.45, 2.75) is 25.6 Å². The second kappa shape index (κ2) is 3.41. The molecule has 1 N–H and O–H groups in total. The zero-order chi connectivity index (χ0) is 9.19. The van der Waals surface area contributed by atoms with Crippen LogP contribution in [-0.4, -0.2) is 31.6 Å². The van der Waals surface area contributed by atoms with Crippen molar-refractivity contribution in [3.05, 3.63) is 0 Å². The molecule has 12 heavy (non-hydrogen) atoms. The molecule has 0 radical (unpaired) electrons. The zero-order valence-electron chi connectivity index (χ0n) is 7.37. The Morgan fingerprint density at radius 3 is 2.25 bits per heavy atom. The van der Waals surface area contributed by atoms with Gasteiger partial charge in [-0.2, -0.15) is 0 Å². The summed E-state index contributed by atoms with van der Waals surface area (Å²) in [5.74, 6) is -0.786. The number of hydrogen-bond acceptors (Lipinski definition) is 3. The molecule has 0 aromatic rings. The van der Waals surface area contributed by atoms with Crippen molar-refractivity contribution in [3.8, 4) is 0 Å². The van der Waals surface area contributed by atoms with E-state index < -0.39 is 5.97 Å². The summed E-state index contributed by atoms with van der Waals surface area (Å²) < 4.78 is 10.1. The van der Waals surface area contributed by atoms with Gasteiger partial charge in [-0.15, -0.1) is 0 Å². The Morgan fingerprint density at radius 2 is 2.00 bits per heavy atom. The van der Waals surface area contributed by atoms with Crippen LogP contribution in [0.5, 0.6) is 0 Å². The van der Waals surface area contributed by atoms with Crippen LogP contribution in [0.3, 0.4) is 0 Å². The van der Waals surface area contributed by atoms with Crippen molar-refractivity contribution in [1.29, 1.82) is 0 Å². The van der Waals surface area contributed by atoms with Gasteiger partial charge in [0.15, 0.2) is 6.29 Å². The maximum Gasteiger partial charge on any atom is 0.304 e. The van der Waals surface area contributed by atoms with Crippen LogP contribution in [0.1, 0.15) is 19.3 Å². The summed E-state index contributed by atoms with van der Waals surface area (Å²) in [5.41, 5.74) is -0.255. The predicted molar refractivity (Wildman–Crippen MR) is 41.7 cm³/mol. The van der Waals surface area contributed by atoms with Gasteiger partial charge in [0.25, 0.3) is 0 Å². The van der Waals surface area contributed by atoms with Crippen molar-refractivity contribution >= 4 is 5.97 Å². The van der Waals surface area contributed by atoms with E-state index in [1.807, 2.05) is 0 Å². The molecule has 1 aliphatic carbocycles. The minimum atomic E-state index is -0.786. The van der Waals surface area contributed by atoms with Gasteiger partial charge in [0, 0.05) is 19.6 Å². The van der Waals surface area contributed by atoms with Crippen molar-refractivity contribution < 1.29 is 19.4 Å². The summed E-state index contributed by atoms with van der Waals surface area (Å²) in [4.78, 5) is 10.5. The lowest BCUT2D eigenvalue weighted by Crippen LogP contribution is -2.28. The Morgan fingerprint density at radius 1 is 1.50 bits per heavy atom. The molecular formula is C8H14O4. The Hall–Kier alpha value is -0.610. The summed E-state index contributed by atoms with van der Waals surface area (Å²) >= 11 is 0. The molecule has 1 rings (SSSR count). The van der Waals surface area contributed by atoms with Crippen LogP contribution in [0.25, 0.3) is 0 Å². The number of aliphatic carboxylic acids is 1. The van der Waals surface area contributed by atoms with E-state index in [2.05, 4.69) is 0 Å². The molecule has 0 aromatic heterocycles. The largest absolute Gasteiger partial charge is 0.481 e. The minimum absolute atomic E-state index is 0.138. The fourth-order valence-corrected chi connectivity index (χ4v) is 1.55. The molecule has 0 unspecified atom stereocenters. The van der Waals surface area contributed by atoms with Gasteiger partial charge in [0.05, 0.1) is 6.42 Å². The molecule has 1 fully saturated rings. The van der Waals surface area contributed by atoms with E-state index >= 15 is 0 Å². The molecular weight excluding hydrogens is 160 g/mol. The summed E-state index contributed by atoms with van der Waals surface area (Å²) in [7, 11) is 3.08. The fourth-order valence-electron chi connectivity index (χ4n) is 1.55. The SMILES string of the molecule is COC(OC)C1(CC(=O)O)CC1. The normalized spacial score (nSPS) is 19.6. The average molecular weight is 174 g/mol. The van der Waals surface area contributed by atoms with Gasteiger partial charge in [-0.3, -0.25) is 4.79 Å². The van der Waals surface area contributed by atoms with E-state index in [0.29, 0.717) is 0 Å². The monoisotopic (exact) mass is 174 g/mol. The third-order valence-electron chi connectivity index (χ3n) is 2.32. The summed E-state index contributed by atoms with van der Waals surface area (Å²) in [6.45, 7) is 0. The van der Waals surface area contributed by atoms with Crippen LogP contribution >= 0.6 is 0 Å². The van der Waals surface area contributed by atoms with Crippen LogP contribution in [0.2, 0.25) is 0 Å². The van der Waals surface area contributed by atoms with E-state index in [9.17, 15) is 4.79 Å². The van der Waals surface area contributed by atoms with Crippen LogP contribution in [0.4, 0.5) is 0 Å². The number of carbonyl (C=O) groups is 1. The Bertz CT molecular complexity index is 170. The number of methoxy groups -OCH3 is 2. The average Bonchev–Trinajstić information content (AvgIpc) is 2.70. The quantitative estimate of drug-likeness (QED) is 0.628. The van der Waals surface area contributed by atoms with Gasteiger partial charge in [-0.1, -0.05) is 0 Å². The molecule has 0 aliphatic heterocycles. The highest BCUT2D eigenvalue weighted by molar-refractivity contribution is 5.68.